The minimum atomic E-state index is 0. The third-order valence-corrected chi connectivity index (χ3v) is 5.46. The molecule has 0 fully saturated rings. The van der Waals surface area contributed by atoms with Crippen molar-refractivity contribution in [3.05, 3.63) is 85.1 Å². The molecule has 0 aliphatic heterocycles. The molecule has 5 aromatic rings. The minimum Gasteiger partial charge on any atom is -0.868 e. The molecule has 0 saturated carbocycles. The van der Waals surface area contributed by atoms with E-state index >= 15 is 0 Å². The van der Waals surface area contributed by atoms with Crippen molar-refractivity contribution in [2.45, 2.75) is 0 Å². The fourth-order valence-corrected chi connectivity index (χ4v) is 4.03. The summed E-state index contributed by atoms with van der Waals surface area (Å²) in [6.45, 7) is 0. The second-order valence-electron chi connectivity index (χ2n) is 6.14. The number of benzene rings is 3. The molecule has 30 heavy (non-hydrogen) atoms. The van der Waals surface area contributed by atoms with E-state index in [-0.39, 0.29) is 43.5 Å². The summed E-state index contributed by atoms with van der Waals surface area (Å²) in [7, 11) is 1.70. The fraction of sp³-hybridized carbons (Fsp3) is 0.0435. The van der Waals surface area contributed by atoms with Gasteiger partial charge in [0.2, 0.25) is 11.0 Å². The normalized spacial score (nSPS) is 9.77. The van der Waals surface area contributed by atoms with Crippen molar-refractivity contribution in [2.24, 2.45) is 0 Å². The molecule has 0 aliphatic carbocycles. The van der Waals surface area contributed by atoms with Crippen LogP contribution < -0.4 is 57.5 Å². The molecule has 3 aromatic carbocycles. The van der Waals surface area contributed by atoms with Crippen LogP contribution >= 0.6 is 11.3 Å². The van der Waals surface area contributed by atoms with Crippen LogP contribution in [-0.2, 0) is 0 Å². The molecule has 7 heteroatoms. The first-order valence-corrected chi connectivity index (χ1v) is 9.68. The standard InChI is InChI=1S/C14H11NOS.C9H7NO.2Li/c1-16-12-8-4-2-6-10(12)14-15-11-7-3-5-9-13(11)17-14;11-8-5-1-3-7-4-2-6-10-9(7)8;;/h2-9H,1H3;1-6,11H;;/q;;2*+1/p+1. The molecule has 0 spiro atoms. The Hall–Kier alpha value is -2.25. The number of aromatic amines is 2. The third-order valence-electron chi connectivity index (χ3n) is 4.36. The van der Waals surface area contributed by atoms with Gasteiger partial charge in [-0.2, -0.15) is 4.98 Å². The Morgan fingerprint density at radius 2 is 1.57 bits per heavy atom. The van der Waals surface area contributed by atoms with Crippen LogP contribution in [0.15, 0.2) is 85.1 Å². The summed E-state index contributed by atoms with van der Waals surface area (Å²) in [5, 5.41) is 13.2. The van der Waals surface area contributed by atoms with Gasteiger partial charge in [-0.25, -0.2) is 4.98 Å². The summed E-state index contributed by atoms with van der Waals surface area (Å²) in [4.78, 5) is 6.33. The number of pyridine rings is 1. The van der Waals surface area contributed by atoms with Gasteiger partial charge in [0.05, 0.1) is 12.7 Å². The predicted molar refractivity (Wildman–Crippen MR) is 110 cm³/mol. The fourth-order valence-electron chi connectivity index (χ4n) is 3.00. The topological polar surface area (TPSA) is 60.6 Å². The van der Waals surface area contributed by atoms with Crippen molar-refractivity contribution < 1.29 is 57.5 Å². The Morgan fingerprint density at radius 1 is 0.833 bits per heavy atom. The van der Waals surface area contributed by atoms with Crippen molar-refractivity contribution >= 4 is 32.5 Å². The number of H-pyrrole nitrogens is 2. The van der Waals surface area contributed by atoms with E-state index < -0.39 is 0 Å². The Kier molecular flexibility index (Phi) is 8.99. The van der Waals surface area contributed by atoms with E-state index in [4.69, 9.17) is 4.74 Å². The van der Waals surface area contributed by atoms with Gasteiger partial charge in [0, 0.05) is 17.5 Å². The zero-order valence-corrected chi connectivity index (χ0v) is 18.1. The van der Waals surface area contributed by atoms with Crippen LogP contribution in [0.5, 0.6) is 11.5 Å². The van der Waals surface area contributed by atoms with E-state index in [1.807, 2.05) is 42.5 Å². The predicted octanol–water partition coefficient (Wildman–Crippen LogP) is -1.87. The Balaban J connectivity index is 0.000000216. The molecule has 138 valence electrons. The van der Waals surface area contributed by atoms with E-state index in [0.717, 1.165) is 21.7 Å². The molecule has 2 aromatic heterocycles. The van der Waals surface area contributed by atoms with Crippen molar-refractivity contribution in [3.8, 4) is 22.1 Å². The number of rotatable bonds is 2. The third kappa shape index (κ3) is 5.26. The molecule has 4 nitrogen and oxygen atoms in total. The molecule has 5 rings (SSSR count). The summed E-state index contributed by atoms with van der Waals surface area (Å²) in [5.41, 5.74) is 2.95. The number of nitrogens with one attached hydrogen (secondary N) is 2. The number of thiazole rings is 1. The number of aromatic nitrogens is 2. The van der Waals surface area contributed by atoms with E-state index in [2.05, 4.69) is 34.2 Å². The number of para-hydroxylation sites is 3. The van der Waals surface area contributed by atoms with Crippen LogP contribution in [0.3, 0.4) is 0 Å². The van der Waals surface area contributed by atoms with E-state index in [1.54, 1.807) is 36.8 Å². The summed E-state index contributed by atoms with van der Waals surface area (Å²) >= 11 is 1.74. The molecule has 0 aliphatic rings. The number of ether oxygens (including phenoxy) is 1. The maximum absolute atomic E-state index is 11.1. The van der Waals surface area contributed by atoms with Crippen LogP contribution in [0.2, 0.25) is 0 Å². The zero-order chi connectivity index (χ0) is 19.3. The molecule has 2 heterocycles. The monoisotopic (exact) mass is 401 g/mol. The van der Waals surface area contributed by atoms with Crippen molar-refractivity contribution in [3.63, 3.8) is 0 Å². The number of methoxy groups -OCH3 is 1. The molecule has 2 N–H and O–H groups in total. The molecular weight excluding hydrogens is 382 g/mol. The van der Waals surface area contributed by atoms with Crippen LogP contribution in [0.4, 0.5) is 0 Å². The van der Waals surface area contributed by atoms with Crippen LogP contribution in [0, 0.1) is 0 Å². The van der Waals surface area contributed by atoms with E-state index in [9.17, 15) is 5.11 Å². The van der Waals surface area contributed by atoms with Crippen molar-refractivity contribution in [1.29, 1.82) is 0 Å². The zero-order valence-electron chi connectivity index (χ0n) is 17.3. The van der Waals surface area contributed by atoms with Crippen molar-refractivity contribution in [2.75, 3.05) is 7.11 Å². The molecule has 0 radical (unpaired) electrons. The van der Waals surface area contributed by atoms with Gasteiger partial charge >= 0.3 is 37.7 Å². The van der Waals surface area contributed by atoms with Gasteiger partial charge in [0.1, 0.15) is 10.4 Å². The molecule has 0 bridgehead atoms. The smallest absolute Gasteiger partial charge is 0.868 e. The summed E-state index contributed by atoms with van der Waals surface area (Å²) in [5.74, 6) is 0.943. The molecule has 0 atom stereocenters. The average Bonchev–Trinajstić information content (AvgIpc) is 3.19. The molecule has 0 unspecified atom stereocenters. The Labute approximate surface area is 203 Å². The SMILES string of the molecule is COc1ccccc1-c1[nH+]c2ccccc2s1.[Li+].[Li+].[O-]c1cccc2ccc[nH+]c12. The summed E-state index contributed by atoms with van der Waals surface area (Å²) in [6.07, 6.45) is 1.75. The van der Waals surface area contributed by atoms with Gasteiger partial charge in [0.25, 0.3) is 5.01 Å². The van der Waals surface area contributed by atoms with Gasteiger partial charge in [-0.3, -0.25) is 0 Å². The molecular formula is C23H19Li2N2O2S+3. The number of fused-ring (bicyclic) bond motifs is 2. The first-order chi connectivity index (χ1) is 13.8. The quantitative estimate of drug-likeness (QED) is 0.326. The number of hydrogen-bond acceptors (Lipinski definition) is 3. The second kappa shape index (κ2) is 11.2. The molecule has 0 saturated heterocycles. The van der Waals surface area contributed by atoms with Crippen LogP contribution in [-0.4, -0.2) is 7.11 Å². The maximum Gasteiger partial charge on any atom is 1.00 e. The van der Waals surface area contributed by atoms with Gasteiger partial charge in [-0.15, -0.1) is 0 Å². The Bertz CT molecular complexity index is 1210. The first-order valence-electron chi connectivity index (χ1n) is 8.87. The minimum absolute atomic E-state index is 0. The van der Waals surface area contributed by atoms with Gasteiger partial charge in [0.15, 0.2) is 6.20 Å². The first kappa shape index (κ1) is 24.0. The summed E-state index contributed by atoms with van der Waals surface area (Å²) < 4.78 is 6.64. The van der Waals surface area contributed by atoms with Crippen molar-refractivity contribution in [1.82, 2.24) is 0 Å². The Morgan fingerprint density at radius 3 is 2.33 bits per heavy atom. The maximum atomic E-state index is 11.1. The van der Waals surface area contributed by atoms with E-state index in [0.29, 0.717) is 5.52 Å². The van der Waals surface area contributed by atoms with E-state index in [1.165, 1.54) is 10.2 Å². The molecule has 0 amide bonds. The van der Waals surface area contributed by atoms with Crippen LogP contribution in [0.25, 0.3) is 31.7 Å². The average molecular weight is 401 g/mol. The van der Waals surface area contributed by atoms with Gasteiger partial charge in [-0.1, -0.05) is 47.7 Å². The van der Waals surface area contributed by atoms with Crippen LogP contribution in [0.1, 0.15) is 0 Å². The largest absolute Gasteiger partial charge is 1.00 e. The van der Waals surface area contributed by atoms with Gasteiger partial charge in [-0.05, 0) is 36.1 Å². The number of hydrogen-bond donors (Lipinski definition) is 0. The second-order valence-corrected chi connectivity index (χ2v) is 7.20. The summed E-state index contributed by atoms with van der Waals surface area (Å²) in [6, 6.07) is 25.4. The van der Waals surface area contributed by atoms with Gasteiger partial charge < -0.3 is 9.84 Å².